The Kier molecular flexibility index (Phi) is 4.02. The van der Waals surface area contributed by atoms with Gasteiger partial charge < -0.3 is 11.5 Å². The van der Waals surface area contributed by atoms with Crippen LogP contribution in [-0.4, -0.2) is 31.4 Å². The first-order chi connectivity index (χ1) is 11.5. The summed E-state index contributed by atoms with van der Waals surface area (Å²) in [7, 11) is 0. The van der Waals surface area contributed by atoms with Crippen LogP contribution in [0.15, 0.2) is 6.20 Å². The van der Waals surface area contributed by atoms with Crippen LogP contribution in [0.1, 0.15) is 50.0 Å². The summed E-state index contributed by atoms with van der Waals surface area (Å²) in [6.07, 6.45) is 8.36. The number of H-pyrrole nitrogens is 1. The van der Waals surface area contributed by atoms with Gasteiger partial charge in [-0.2, -0.15) is 15.4 Å². The molecule has 0 amide bonds. The van der Waals surface area contributed by atoms with E-state index in [4.69, 9.17) is 28.1 Å². The molecular weight excluding hydrogens is 326 g/mol. The molecule has 0 unspecified atom stereocenters. The fourth-order valence-corrected chi connectivity index (χ4v) is 3.51. The Morgan fingerprint density at radius 2 is 1.92 bits per heavy atom. The summed E-state index contributed by atoms with van der Waals surface area (Å²) in [5.74, 6) is 1.32. The highest BCUT2D eigenvalue weighted by Gasteiger charge is 2.35. The van der Waals surface area contributed by atoms with E-state index in [0.29, 0.717) is 28.2 Å². The molecule has 4 rings (SSSR count). The van der Waals surface area contributed by atoms with Crippen molar-refractivity contribution in [3.8, 4) is 11.4 Å². The zero-order valence-electron chi connectivity index (χ0n) is 13.5. The van der Waals surface area contributed by atoms with Gasteiger partial charge in [-0.3, -0.25) is 0 Å². The monoisotopic (exact) mass is 347 g/mol. The molecule has 5 N–H and O–H groups in total. The number of rotatable bonds is 4. The molecule has 0 atom stereocenters. The number of nitrogens with one attached hydrogen (secondary N) is 1. The molecule has 2 aliphatic carbocycles. The van der Waals surface area contributed by atoms with Crippen LogP contribution in [-0.2, 0) is 12.0 Å². The third-order valence-corrected chi connectivity index (χ3v) is 5.41. The van der Waals surface area contributed by atoms with Crippen LogP contribution in [0.4, 0.5) is 0 Å². The highest BCUT2D eigenvalue weighted by atomic mass is 35.5. The maximum atomic E-state index is 6.58. The lowest BCUT2D eigenvalue weighted by molar-refractivity contribution is 0.265. The molecule has 0 aliphatic heterocycles. The Labute approximate surface area is 145 Å². The predicted octanol–water partition coefficient (Wildman–Crippen LogP) is 1.92. The molecule has 24 heavy (non-hydrogen) atoms. The molecule has 2 aliphatic rings. The average molecular weight is 348 g/mol. The maximum absolute atomic E-state index is 6.58. The first-order valence-corrected chi connectivity index (χ1v) is 8.90. The topological polar surface area (TPSA) is 119 Å². The predicted molar refractivity (Wildman–Crippen MR) is 91.2 cm³/mol. The Balaban J connectivity index is 1.68. The maximum Gasteiger partial charge on any atom is 0.148 e. The minimum absolute atomic E-state index is 0.217. The first kappa shape index (κ1) is 15.9. The van der Waals surface area contributed by atoms with E-state index in [2.05, 4.69) is 20.4 Å². The van der Waals surface area contributed by atoms with E-state index < -0.39 is 5.54 Å². The fourth-order valence-electron chi connectivity index (χ4n) is 3.33. The van der Waals surface area contributed by atoms with E-state index in [1.807, 2.05) is 0 Å². The van der Waals surface area contributed by atoms with Gasteiger partial charge in [-0.15, -0.1) is 0 Å². The molecule has 2 fully saturated rings. The molecule has 2 saturated carbocycles. The second-order valence-corrected chi connectivity index (χ2v) is 7.56. The molecule has 0 radical (unpaired) electrons. The lowest BCUT2D eigenvalue weighted by Crippen LogP contribution is -2.45. The number of hydrogen-bond acceptors (Lipinski definition) is 6. The number of halogens is 1. The number of aromatic amines is 1. The van der Waals surface area contributed by atoms with E-state index in [1.54, 1.807) is 6.20 Å². The quantitative estimate of drug-likeness (QED) is 0.777. The van der Waals surface area contributed by atoms with Gasteiger partial charge in [0.05, 0.1) is 22.5 Å². The van der Waals surface area contributed by atoms with Crippen LogP contribution in [0, 0.1) is 5.92 Å². The van der Waals surface area contributed by atoms with Crippen LogP contribution in [0.5, 0.6) is 0 Å². The van der Waals surface area contributed by atoms with Crippen LogP contribution in [0.3, 0.4) is 0 Å². The molecule has 8 heteroatoms. The number of nitrogens with zero attached hydrogens (tertiary/aromatic N) is 4. The van der Waals surface area contributed by atoms with Gasteiger partial charge in [-0.05, 0) is 50.9 Å². The second-order valence-electron chi connectivity index (χ2n) is 7.15. The van der Waals surface area contributed by atoms with Crippen molar-refractivity contribution in [2.75, 3.05) is 0 Å². The van der Waals surface area contributed by atoms with Crippen molar-refractivity contribution in [3.05, 3.63) is 22.7 Å². The molecule has 2 aromatic heterocycles. The molecular formula is C16H22ClN7. The number of hydrogen-bond donors (Lipinski definition) is 3. The molecule has 0 aromatic carbocycles. The van der Waals surface area contributed by atoms with Crippen molar-refractivity contribution in [1.82, 2.24) is 25.4 Å². The fraction of sp³-hybridized carbons (Fsp3) is 0.625. The zero-order valence-corrected chi connectivity index (χ0v) is 14.3. The largest absolute Gasteiger partial charge is 0.328 e. The smallest absolute Gasteiger partial charge is 0.148 e. The Morgan fingerprint density at radius 1 is 1.17 bits per heavy atom. The zero-order chi connectivity index (χ0) is 16.7. The molecule has 7 nitrogen and oxygen atoms in total. The van der Waals surface area contributed by atoms with E-state index in [0.717, 1.165) is 37.8 Å². The van der Waals surface area contributed by atoms with Crippen molar-refractivity contribution in [1.29, 1.82) is 0 Å². The Hall–Kier alpha value is -1.57. The highest BCUT2D eigenvalue weighted by molar-refractivity contribution is 6.32. The summed E-state index contributed by atoms with van der Waals surface area (Å²) in [4.78, 5) is 9.10. The van der Waals surface area contributed by atoms with Crippen molar-refractivity contribution < 1.29 is 0 Å². The first-order valence-electron chi connectivity index (χ1n) is 8.53. The van der Waals surface area contributed by atoms with Crippen molar-refractivity contribution in [3.63, 3.8) is 0 Å². The number of aromatic nitrogens is 5. The van der Waals surface area contributed by atoms with Gasteiger partial charge in [0.2, 0.25) is 0 Å². The van der Waals surface area contributed by atoms with Gasteiger partial charge in [-0.25, -0.2) is 9.97 Å². The third-order valence-electron chi connectivity index (χ3n) is 5.14. The van der Waals surface area contributed by atoms with Gasteiger partial charge in [0.15, 0.2) is 0 Å². The van der Waals surface area contributed by atoms with Crippen molar-refractivity contribution in [2.24, 2.45) is 17.4 Å². The Bertz CT molecular complexity index is 732. The van der Waals surface area contributed by atoms with Crippen LogP contribution in [0.25, 0.3) is 11.4 Å². The van der Waals surface area contributed by atoms with Crippen LogP contribution < -0.4 is 11.5 Å². The standard InChI is InChI=1S/C16H22ClN7/c17-11-8-20-15(16(19)5-3-10(18)4-6-16)21-13(11)14-12(22-24-23-14)7-9-1-2-9/h8-10H,1-7,18-19H2,(H,22,23,24). The SMILES string of the molecule is NC1CCC(N)(c2ncc(Cl)c(-c3n[nH]nc3CC3CC3)n2)CC1. The normalized spacial score (nSPS) is 27.4. The summed E-state index contributed by atoms with van der Waals surface area (Å²) in [6, 6.07) is 0.217. The van der Waals surface area contributed by atoms with Gasteiger partial charge in [-0.1, -0.05) is 11.6 Å². The van der Waals surface area contributed by atoms with Gasteiger partial charge in [0, 0.05) is 6.04 Å². The summed E-state index contributed by atoms with van der Waals surface area (Å²) in [5, 5.41) is 11.7. The van der Waals surface area contributed by atoms with Crippen LogP contribution >= 0.6 is 11.6 Å². The average Bonchev–Trinajstić information content (AvgIpc) is 3.27. The van der Waals surface area contributed by atoms with Crippen LogP contribution in [0.2, 0.25) is 5.02 Å². The number of nitrogens with two attached hydrogens (primary N) is 2. The Morgan fingerprint density at radius 3 is 2.62 bits per heavy atom. The molecule has 0 saturated heterocycles. The van der Waals surface area contributed by atoms with Gasteiger partial charge >= 0.3 is 0 Å². The summed E-state index contributed by atoms with van der Waals surface area (Å²) in [5.41, 5.74) is 14.3. The van der Waals surface area contributed by atoms with E-state index >= 15 is 0 Å². The highest BCUT2D eigenvalue weighted by Crippen LogP contribution is 2.37. The molecule has 128 valence electrons. The molecule has 0 spiro atoms. The van der Waals surface area contributed by atoms with Crippen molar-refractivity contribution in [2.45, 2.75) is 56.5 Å². The van der Waals surface area contributed by atoms with E-state index in [1.165, 1.54) is 12.8 Å². The minimum Gasteiger partial charge on any atom is -0.328 e. The minimum atomic E-state index is -0.546. The van der Waals surface area contributed by atoms with Gasteiger partial charge in [0.25, 0.3) is 0 Å². The van der Waals surface area contributed by atoms with E-state index in [9.17, 15) is 0 Å². The second kappa shape index (κ2) is 6.06. The summed E-state index contributed by atoms with van der Waals surface area (Å²) >= 11 is 6.35. The molecule has 0 bridgehead atoms. The van der Waals surface area contributed by atoms with Gasteiger partial charge in [0.1, 0.15) is 17.2 Å². The summed E-state index contributed by atoms with van der Waals surface area (Å²) in [6.45, 7) is 0. The lowest BCUT2D eigenvalue weighted by Gasteiger charge is -2.34. The summed E-state index contributed by atoms with van der Waals surface area (Å²) < 4.78 is 0. The lowest BCUT2D eigenvalue weighted by atomic mass is 9.80. The molecule has 2 aromatic rings. The van der Waals surface area contributed by atoms with E-state index in [-0.39, 0.29) is 6.04 Å². The molecule has 2 heterocycles. The van der Waals surface area contributed by atoms with Crippen molar-refractivity contribution >= 4 is 11.6 Å². The third kappa shape index (κ3) is 3.03.